The van der Waals surface area contributed by atoms with Crippen molar-refractivity contribution in [1.29, 1.82) is 0 Å². The fourth-order valence-corrected chi connectivity index (χ4v) is 5.04. The standard InChI is InChI=1S/C26H25F4N3O/c1-14-22(15(2)34-33-14)21-13-32-24-20(17-3-5-18(6-4-17)25(27)28)12-31-23(24)19(21)11-16-7-9-26(29,30)10-8-16/h3-6,12-13,16,25,31H,7-11H2,1-2H3. The highest BCUT2D eigenvalue weighted by molar-refractivity contribution is 5.97. The summed E-state index contributed by atoms with van der Waals surface area (Å²) >= 11 is 0. The maximum absolute atomic E-state index is 13.8. The number of rotatable bonds is 5. The zero-order valence-corrected chi connectivity index (χ0v) is 19.0. The van der Waals surface area contributed by atoms with Crippen LogP contribution in [-0.2, 0) is 6.42 Å². The first-order valence-corrected chi connectivity index (χ1v) is 11.4. The Morgan fingerprint density at radius 3 is 2.41 bits per heavy atom. The van der Waals surface area contributed by atoms with Gasteiger partial charge in [0.15, 0.2) is 0 Å². The summed E-state index contributed by atoms with van der Waals surface area (Å²) in [5.74, 6) is -1.79. The third kappa shape index (κ3) is 4.10. The van der Waals surface area contributed by atoms with Gasteiger partial charge in [-0.2, -0.15) is 0 Å². The van der Waals surface area contributed by atoms with E-state index in [1.165, 1.54) is 12.1 Å². The lowest BCUT2D eigenvalue weighted by Gasteiger charge is -2.28. The molecule has 1 saturated carbocycles. The number of nitrogens with one attached hydrogen (secondary N) is 1. The summed E-state index contributed by atoms with van der Waals surface area (Å²) in [6.45, 7) is 3.71. The second kappa shape index (κ2) is 8.56. The Bertz CT molecular complexity index is 1290. The number of nitrogens with zero attached hydrogens (tertiary/aromatic N) is 2. The summed E-state index contributed by atoms with van der Waals surface area (Å²) in [4.78, 5) is 8.05. The van der Waals surface area contributed by atoms with Gasteiger partial charge in [-0.3, -0.25) is 4.98 Å². The maximum atomic E-state index is 13.8. The van der Waals surface area contributed by atoms with E-state index in [4.69, 9.17) is 9.51 Å². The fourth-order valence-electron chi connectivity index (χ4n) is 5.04. The molecule has 0 unspecified atom stereocenters. The van der Waals surface area contributed by atoms with E-state index in [0.717, 1.165) is 44.5 Å². The second-order valence-corrected chi connectivity index (χ2v) is 9.20. The Balaban J connectivity index is 1.60. The summed E-state index contributed by atoms with van der Waals surface area (Å²) in [5, 5.41) is 4.08. The van der Waals surface area contributed by atoms with Gasteiger partial charge in [0.2, 0.25) is 5.92 Å². The highest BCUT2D eigenvalue weighted by Gasteiger charge is 2.35. The van der Waals surface area contributed by atoms with Gasteiger partial charge in [-0.05, 0) is 50.2 Å². The molecule has 0 spiro atoms. The zero-order chi connectivity index (χ0) is 24.0. The predicted octanol–water partition coefficient (Wildman–Crippen LogP) is 7.81. The monoisotopic (exact) mass is 471 g/mol. The number of alkyl halides is 4. The van der Waals surface area contributed by atoms with E-state index in [0.29, 0.717) is 25.0 Å². The predicted molar refractivity (Wildman–Crippen MR) is 122 cm³/mol. The number of hydrogen-bond donors (Lipinski definition) is 1. The number of H-pyrrole nitrogens is 1. The van der Waals surface area contributed by atoms with Crippen molar-refractivity contribution >= 4 is 11.0 Å². The van der Waals surface area contributed by atoms with Crippen LogP contribution in [0.3, 0.4) is 0 Å². The topological polar surface area (TPSA) is 54.7 Å². The molecule has 1 aromatic carbocycles. The SMILES string of the molecule is Cc1noc(C)c1-c1cnc2c(-c3ccc(C(F)F)cc3)c[nH]c2c1CC1CCC(F)(F)CC1. The number of fused-ring (bicyclic) bond motifs is 1. The molecular formula is C26H25F4N3O. The van der Waals surface area contributed by atoms with Crippen molar-refractivity contribution in [3.8, 4) is 22.3 Å². The Morgan fingerprint density at radius 2 is 1.79 bits per heavy atom. The molecular weight excluding hydrogens is 446 g/mol. The minimum absolute atomic E-state index is 0.0352. The molecule has 4 aromatic rings. The average molecular weight is 471 g/mol. The molecule has 3 aromatic heterocycles. The first-order valence-electron chi connectivity index (χ1n) is 11.4. The van der Waals surface area contributed by atoms with Crippen molar-refractivity contribution in [2.45, 2.75) is 58.3 Å². The number of aromatic nitrogens is 3. The van der Waals surface area contributed by atoms with Crippen molar-refractivity contribution in [2.75, 3.05) is 0 Å². The van der Waals surface area contributed by atoms with Crippen LogP contribution >= 0.6 is 0 Å². The molecule has 8 heteroatoms. The van der Waals surface area contributed by atoms with Crippen LogP contribution in [0.1, 0.15) is 54.7 Å². The lowest BCUT2D eigenvalue weighted by molar-refractivity contribution is -0.0456. The molecule has 1 aliphatic carbocycles. The lowest BCUT2D eigenvalue weighted by Crippen LogP contribution is -2.25. The van der Waals surface area contributed by atoms with E-state index in [9.17, 15) is 17.6 Å². The largest absolute Gasteiger partial charge is 0.361 e. The number of benzene rings is 1. The molecule has 3 heterocycles. The Labute approximate surface area is 194 Å². The molecule has 0 bridgehead atoms. The third-order valence-corrected chi connectivity index (χ3v) is 6.91. The van der Waals surface area contributed by atoms with Crippen LogP contribution < -0.4 is 0 Å². The third-order valence-electron chi connectivity index (χ3n) is 6.91. The summed E-state index contributed by atoms with van der Waals surface area (Å²) in [5.41, 5.74) is 6.56. The van der Waals surface area contributed by atoms with Crippen LogP contribution in [0.2, 0.25) is 0 Å². The quantitative estimate of drug-likeness (QED) is 0.302. The highest BCUT2D eigenvalue weighted by Crippen LogP contribution is 2.42. The second-order valence-electron chi connectivity index (χ2n) is 9.20. The van der Waals surface area contributed by atoms with Gasteiger partial charge in [0.05, 0.1) is 16.7 Å². The van der Waals surface area contributed by atoms with Gasteiger partial charge < -0.3 is 9.51 Å². The molecule has 0 saturated heterocycles. The van der Waals surface area contributed by atoms with Gasteiger partial charge in [0.1, 0.15) is 5.76 Å². The minimum Gasteiger partial charge on any atom is -0.361 e. The average Bonchev–Trinajstić information content (AvgIpc) is 3.39. The molecule has 4 nitrogen and oxygen atoms in total. The number of aryl methyl sites for hydroxylation is 2. The first kappa shape index (κ1) is 22.6. The molecule has 178 valence electrons. The summed E-state index contributed by atoms with van der Waals surface area (Å²) in [6, 6.07) is 6.16. The van der Waals surface area contributed by atoms with Crippen LogP contribution in [0, 0.1) is 19.8 Å². The van der Waals surface area contributed by atoms with Crippen LogP contribution in [0.25, 0.3) is 33.3 Å². The van der Waals surface area contributed by atoms with Gasteiger partial charge in [-0.15, -0.1) is 0 Å². The number of halogens is 4. The van der Waals surface area contributed by atoms with Crippen LogP contribution in [0.15, 0.2) is 41.2 Å². The minimum atomic E-state index is -2.58. The normalized spacial score (nSPS) is 16.6. The van der Waals surface area contributed by atoms with Crippen molar-refractivity contribution in [3.63, 3.8) is 0 Å². The number of pyridine rings is 1. The molecule has 5 rings (SSSR count). The van der Waals surface area contributed by atoms with Gasteiger partial charge in [0, 0.05) is 47.5 Å². The van der Waals surface area contributed by atoms with Gasteiger partial charge in [-0.1, -0.05) is 29.4 Å². The zero-order valence-electron chi connectivity index (χ0n) is 19.0. The lowest BCUT2D eigenvalue weighted by atomic mass is 9.81. The number of aromatic amines is 1. The van der Waals surface area contributed by atoms with E-state index in [-0.39, 0.29) is 24.3 Å². The molecule has 1 aliphatic rings. The van der Waals surface area contributed by atoms with E-state index in [1.54, 1.807) is 18.3 Å². The molecule has 0 radical (unpaired) electrons. The van der Waals surface area contributed by atoms with Crippen molar-refractivity contribution in [1.82, 2.24) is 15.1 Å². The van der Waals surface area contributed by atoms with Gasteiger partial charge in [0.25, 0.3) is 6.43 Å². The molecule has 1 fully saturated rings. The Hall–Kier alpha value is -3.16. The summed E-state index contributed by atoms with van der Waals surface area (Å²) in [6.07, 6.45) is 2.43. The van der Waals surface area contributed by atoms with Crippen molar-refractivity contribution < 1.29 is 22.1 Å². The van der Waals surface area contributed by atoms with Crippen LogP contribution in [0.5, 0.6) is 0 Å². The molecule has 0 aliphatic heterocycles. The summed E-state index contributed by atoms with van der Waals surface area (Å²) < 4.78 is 58.9. The van der Waals surface area contributed by atoms with Crippen LogP contribution in [0.4, 0.5) is 17.6 Å². The van der Waals surface area contributed by atoms with Crippen molar-refractivity contribution in [2.24, 2.45) is 5.92 Å². The van der Waals surface area contributed by atoms with E-state index in [2.05, 4.69) is 10.1 Å². The summed E-state index contributed by atoms with van der Waals surface area (Å²) in [7, 11) is 0. The van der Waals surface area contributed by atoms with Crippen molar-refractivity contribution in [3.05, 3.63) is 59.2 Å². The molecule has 34 heavy (non-hydrogen) atoms. The van der Waals surface area contributed by atoms with E-state index < -0.39 is 12.3 Å². The van der Waals surface area contributed by atoms with E-state index >= 15 is 0 Å². The highest BCUT2D eigenvalue weighted by atomic mass is 19.3. The Morgan fingerprint density at radius 1 is 1.09 bits per heavy atom. The fraction of sp³-hybridized carbons (Fsp3) is 0.385. The number of hydrogen-bond acceptors (Lipinski definition) is 3. The molecule has 0 amide bonds. The van der Waals surface area contributed by atoms with E-state index in [1.807, 2.05) is 20.0 Å². The molecule has 1 N–H and O–H groups in total. The van der Waals surface area contributed by atoms with Gasteiger partial charge in [-0.25, -0.2) is 17.6 Å². The Kier molecular flexibility index (Phi) is 5.70. The first-order chi connectivity index (χ1) is 16.2. The molecule has 0 atom stereocenters. The van der Waals surface area contributed by atoms with Gasteiger partial charge >= 0.3 is 0 Å². The smallest absolute Gasteiger partial charge is 0.263 e. The maximum Gasteiger partial charge on any atom is 0.263 e. The van der Waals surface area contributed by atoms with Crippen LogP contribution in [-0.4, -0.2) is 21.0 Å².